The van der Waals surface area contributed by atoms with E-state index in [2.05, 4.69) is 35.4 Å². The van der Waals surface area contributed by atoms with Gasteiger partial charge in [0.05, 0.1) is 25.2 Å². The maximum absolute atomic E-state index is 12.3. The number of amides is 1. The largest absolute Gasteiger partial charge is 0.497 e. The Morgan fingerprint density at radius 1 is 1.24 bits per heavy atom. The SMILES string of the molecule is COc1cccc(C(C)(C)CNC(=O)Cc2ccc3cn[nH]c3c2)c1. The van der Waals surface area contributed by atoms with Crippen LogP contribution in [0.1, 0.15) is 25.0 Å². The van der Waals surface area contributed by atoms with Crippen molar-refractivity contribution in [3.8, 4) is 5.75 Å². The van der Waals surface area contributed by atoms with Crippen molar-refractivity contribution in [3.05, 3.63) is 59.8 Å². The summed E-state index contributed by atoms with van der Waals surface area (Å²) in [7, 11) is 1.66. The number of methoxy groups -OCH3 is 1. The number of hydrogen-bond donors (Lipinski definition) is 2. The molecule has 0 bridgehead atoms. The molecule has 3 aromatic rings. The van der Waals surface area contributed by atoms with Crippen LogP contribution in [0, 0.1) is 0 Å². The lowest BCUT2D eigenvalue weighted by Gasteiger charge is -2.26. The summed E-state index contributed by atoms with van der Waals surface area (Å²) in [5.74, 6) is 0.833. The Hall–Kier alpha value is -2.82. The summed E-state index contributed by atoms with van der Waals surface area (Å²) in [4.78, 5) is 12.3. The van der Waals surface area contributed by atoms with Gasteiger partial charge in [0.25, 0.3) is 0 Å². The van der Waals surface area contributed by atoms with Gasteiger partial charge in [0.15, 0.2) is 0 Å². The molecule has 0 saturated heterocycles. The molecule has 3 rings (SSSR count). The minimum absolute atomic E-state index is 0.00911. The molecule has 0 aliphatic rings. The predicted octanol–water partition coefficient (Wildman–Crippen LogP) is 3.21. The number of hydrogen-bond acceptors (Lipinski definition) is 3. The predicted molar refractivity (Wildman–Crippen MR) is 98.8 cm³/mol. The number of fused-ring (bicyclic) bond motifs is 1. The van der Waals surface area contributed by atoms with Gasteiger partial charge in [0, 0.05) is 17.3 Å². The first-order valence-electron chi connectivity index (χ1n) is 8.31. The van der Waals surface area contributed by atoms with Gasteiger partial charge < -0.3 is 10.1 Å². The van der Waals surface area contributed by atoms with E-state index in [0.29, 0.717) is 13.0 Å². The van der Waals surface area contributed by atoms with Gasteiger partial charge in [0.1, 0.15) is 5.75 Å². The van der Waals surface area contributed by atoms with Crippen LogP contribution in [0.2, 0.25) is 0 Å². The maximum atomic E-state index is 12.3. The Bertz CT molecular complexity index is 883. The first-order valence-corrected chi connectivity index (χ1v) is 8.31. The summed E-state index contributed by atoms with van der Waals surface area (Å²) in [6.07, 6.45) is 2.12. The maximum Gasteiger partial charge on any atom is 0.224 e. The van der Waals surface area contributed by atoms with Crippen LogP contribution >= 0.6 is 0 Å². The number of nitrogens with one attached hydrogen (secondary N) is 2. The van der Waals surface area contributed by atoms with Crippen molar-refractivity contribution in [2.45, 2.75) is 25.7 Å². The first kappa shape index (κ1) is 17.0. The highest BCUT2D eigenvalue weighted by Gasteiger charge is 2.22. The topological polar surface area (TPSA) is 67.0 Å². The van der Waals surface area contributed by atoms with Crippen LogP contribution in [0.15, 0.2) is 48.7 Å². The Kier molecular flexibility index (Phi) is 4.74. The molecule has 0 fully saturated rings. The van der Waals surface area contributed by atoms with Crippen LogP contribution in [0.25, 0.3) is 10.9 Å². The Morgan fingerprint density at radius 3 is 2.88 bits per heavy atom. The lowest BCUT2D eigenvalue weighted by atomic mass is 9.84. The molecule has 1 aromatic heterocycles. The second kappa shape index (κ2) is 6.97. The van der Waals surface area contributed by atoms with Gasteiger partial charge in [-0.3, -0.25) is 9.89 Å². The van der Waals surface area contributed by atoms with Gasteiger partial charge in [-0.2, -0.15) is 5.10 Å². The summed E-state index contributed by atoms with van der Waals surface area (Å²) < 4.78 is 5.29. The Labute approximate surface area is 147 Å². The van der Waals surface area contributed by atoms with Crippen LogP contribution in [0.3, 0.4) is 0 Å². The second-order valence-corrected chi connectivity index (χ2v) is 6.86. The van der Waals surface area contributed by atoms with E-state index in [1.165, 1.54) is 0 Å². The van der Waals surface area contributed by atoms with Crippen molar-refractivity contribution in [2.75, 3.05) is 13.7 Å². The number of carbonyl (C=O) groups is 1. The smallest absolute Gasteiger partial charge is 0.224 e. The fourth-order valence-electron chi connectivity index (χ4n) is 2.81. The monoisotopic (exact) mass is 337 g/mol. The van der Waals surface area contributed by atoms with Crippen molar-refractivity contribution < 1.29 is 9.53 Å². The molecule has 0 unspecified atom stereocenters. The summed E-state index contributed by atoms with van der Waals surface area (Å²) in [6, 6.07) is 13.9. The molecule has 25 heavy (non-hydrogen) atoms. The standard InChI is InChI=1S/C20H23N3O2/c1-20(2,16-5-4-6-17(11-16)25-3)13-21-19(24)10-14-7-8-15-12-22-23-18(15)9-14/h4-9,11-12H,10,13H2,1-3H3,(H,21,24)(H,22,23). The van der Waals surface area contributed by atoms with Crippen molar-refractivity contribution in [1.82, 2.24) is 15.5 Å². The van der Waals surface area contributed by atoms with Crippen LogP contribution in [0.4, 0.5) is 0 Å². The van der Waals surface area contributed by atoms with E-state index in [0.717, 1.165) is 27.8 Å². The van der Waals surface area contributed by atoms with Crippen molar-refractivity contribution in [2.24, 2.45) is 0 Å². The average Bonchev–Trinajstić information content (AvgIpc) is 3.08. The number of nitrogens with zero attached hydrogens (tertiary/aromatic N) is 1. The summed E-state index contributed by atoms with van der Waals surface area (Å²) in [5, 5.41) is 11.0. The van der Waals surface area contributed by atoms with Crippen LogP contribution < -0.4 is 10.1 Å². The third-order valence-corrected chi connectivity index (χ3v) is 4.45. The average molecular weight is 337 g/mol. The van der Waals surface area contributed by atoms with Crippen molar-refractivity contribution >= 4 is 16.8 Å². The minimum Gasteiger partial charge on any atom is -0.497 e. The molecule has 0 radical (unpaired) electrons. The van der Waals surface area contributed by atoms with Gasteiger partial charge in [0.2, 0.25) is 5.91 Å². The zero-order valence-electron chi connectivity index (χ0n) is 14.8. The highest BCUT2D eigenvalue weighted by atomic mass is 16.5. The molecule has 5 nitrogen and oxygen atoms in total. The van der Waals surface area contributed by atoms with Gasteiger partial charge in [-0.1, -0.05) is 38.1 Å². The van der Waals surface area contributed by atoms with Gasteiger partial charge in [-0.05, 0) is 29.3 Å². The first-order chi connectivity index (χ1) is 12.0. The normalized spacial score (nSPS) is 11.5. The number of benzene rings is 2. The molecular formula is C20H23N3O2. The zero-order valence-corrected chi connectivity index (χ0v) is 14.8. The van der Waals surface area contributed by atoms with Gasteiger partial charge >= 0.3 is 0 Å². The fraction of sp³-hybridized carbons (Fsp3) is 0.300. The molecule has 130 valence electrons. The molecule has 2 N–H and O–H groups in total. The minimum atomic E-state index is -0.183. The molecule has 0 aliphatic carbocycles. The van der Waals surface area contributed by atoms with E-state index in [1.807, 2.05) is 36.4 Å². The van der Waals surface area contributed by atoms with Crippen molar-refractivity contribution in [1.29, 1.82) is 0 Å². The van der Waals surface area contributed by atoms with Crippen molar-refractivity contribution in [3.63, 3.8) is 0 Å². The molecule has 0 spiro atoms. The van der Waals surface area contributed by atoms with E-state index in [1.54, 1.807) is 13.3 Å². The highest BCUT2D eigenvalue weighted by molar-refractivity contribution is 5.82. The molecule has 1 heterocycles. The number of aromatic amines is 1. The number of aromatic nitrogens is 2. The molecule has 5 heteroatoms. The lowest BCUT2D eigenvalue weighted by Crippen LogP contribution is -2.37. The third-order valence-electron chi connectivity index (χ3n) is 4.45. The Balaban J connectivity index is 1.62. The summed E-state index contributed by atoms with van der Waals surface area (Å²) >= 11 is 0. The number of rotatable bonds is 6. The molecule has 1 amide bonds. The van der Waals surface area contributed by atoms with E-state index in [-0.39, 0.29) is 11.3 Å². The molecule has 0 atom stereocenters. The summed E-state index contributed by atoms with van der Waals surface area (Å²) in [6.45, 7) is 4.78. The lowest BCUT2D eigenvalue weighted by molar-refractivity contribution is -0.120. The molecule has 0 aliphatic heterocycles. The van der Waals surface area contributed by atoms with E-state index in [4.69, 9.17) is 4.74 Å². The third kappa shape index (κ3) is 3.99. The number of ether oxygens (including phenoxy) is 1. The van der Waals surface area contributed by atoms with E-state index < -0.39 is 0 Å². The fourth-order valence-corrected chi connectivity index (χ4v) is 2.81. The zero-order chi connectivity index (χ0) is 17.9. The molecule has 2 aromatic carbocycles. The number of H-pyrrole nitrogens is 1. The van der Waals surface area contributed by atoms with Crippen LogP contribution in [-0.4, -0.2) is 29.8 Å². The van der Waals surface area contributed by atoms with Gasteiger partial charge in [-0.25, -0.2) is 0 Å². The highest BCUT2D eigenvalue weighted by Crippen LogP contribution is 2.25. The van der Waals surface area contributed by atoms with E-state index >= 15 is 0 Å². The summed E-state index contributed by atoms with van der Waals surface area (Å²) in [5.41, 5.74) is 2.86. The molecule has 0 saturated carbocycles. The quantitative estimate of drug-likeness (QED) is 0.726. The Morgan fingerprint density at radius 2 is 2.08 bits per heavy atom. The molecular weight excluding hydrogens is 314 g/mol. The van der Waals surface area contributed by atoms with Crippen LogP contribution in [0.5, 0.6) is 5.75 Å². The van der Waals surface area contributed by atoms with Crippen LogP contribution in [-0.2, 0) is 16.6 Å². The van der Waals surface area contributed by atoms with Gasteiger partial charge in [-0.15, -0.1) is 0 Å². The second-order valence-electron chi connectivity index (χ2n) is 6.86. The van der Waals surface area contributed by atoms with E-state index in [9.17, 15) is 4.79 Å². The number of carbonyl (C=O) groups excluding carboxylic acids is 1.